The Morgan fingerprint density at radius 3 is 2.59 bits per heavy atom. The fraction of sp³-hybridized carbons (Fsp3) is 0.227. The third kappa shape index (κ3) is 3.53. The number of hydrogen-bond donors (Lipinski definition) is 1. The van der Waals surface area contributed by atoms with Gasteiger partial charge in [0.1, 0.15) is 22.9 Å². The zero-order chi connectivity index (χ0) is 20.5. The molecule has 0 aliphatic heterocycles. The lowest BCUT2D eigenvalue weighted by molar-refractivity contribution is -0.116. The Kier molecular flexibility index (Phi) is 5.15. The number of rotatable bonds is 5. The van der Waals surface area contributed by atoms with Crippen molar-refractivity contribution in [1.29, 1.82) is 0 Å². The van der Waals surface area contributed by atoms with Gasteiger partial charge < -0.3 is 5.32 Å². The Balaban J connectivity index is 1.71. The molecule has 29 heavy (non-hydrogen) atoms. The first kappa shape index (κ1) is 19.3. The van der Waals surface area contributed by atoms with Crippen LogP contribution >= 0.6 is 11.3 Å². The van der Waals surface area contributed by atoms with E-state index in [0.717, 1.165) is 6.42 Å². The highest BCUT2D eigenvalue weighted by Gasteiger charge is 2.18. The van der Waals surface area contributed by atoms with Crippen LogP contribution in [-0.4, -0.2) is 15.5 Å². The van der Waals surface area contributed by atoms with E-state index < -0.39 is 5.82 Å². The van der Waals surface area contributed by atoms with Crippen LogP contribution in [0.2, 0.25) is 0 Å². The summed E-state index contributed by atoms with van der Waals surface area (Å²) in [5.41, 5.74) is 1.91. The van der Waals surface area contributed by atoms with Crippen LogP contribution in [0.15, 0.2) is 47.3 Å². The summed E-state index contributed by atoms with van der Waals surface area (Å²) in [4.78, 5) is 30.2. The van der Waals surface area contributed by atoms with Crippen LogP contribution in [0.5, 0.6) is 0 Å². The fourth-order valence-corrected chi connectivity index (χ4v) is 4.48. The number of benzene rings is 2. The Morgan fingerprint density at radius 1 is 1.14 bits per heavy atom. The quantitative estimate of drug-likeness (QED) is 0.527. The van der Waals surface area contributed by atoms with Gasteiger partial charge >= 0.3 is 0 Å². The molecule has 4 aromatic rings. The summed E-state index contributed by atoms with van der Waals surface area (Å²) < 4.78 is 16.7. The van der Waals surface area contributed by atoms with Gasteiger partial charge in [-0.2, -0.15) is 0 Å². The fourth-order valence-electron chi connectivity index (χ4n) is 3.37. The largest absolute Gasteiger partial charge is 0.325 e. The van der Waals surface area contributed by atoms with E-state index in [4.69, 9.17) is 0 Å². The molecule has 1 N–H and O–H groups in total. The number of thiophene rings is 1. The average Bonchev–Trinajstić information content (AvgIpc) is 3.10. The zero-order valence-corrected chi connectivity index (χ0v) is 17.0. The Labute approximate surface area is 170 Å². The first-order chi connectivity index (χ1) is 14.0. The van der Waals surface area contributed by atoms with E-state index in [-0.39, 0.29) is 18.0 Å². The molecule has 2 aromatic carbocycles. The molecule has 0 radical (unpaired) electrons. The Hall–Kier alpha value is -3.06. The van der Waals surface area contributed by atoms with Gasteiger partial charge in [0.25, 0.3) is 5.56 Å². The van der Waals surface area contributed by atoms with Crippen molar-refractivity contribution < 1.29 is 9.18 Å². The molecule has 0 aliphatic carbocycles. The maximum Gasteiger partial charge on any atom is 0.272 e. The van der Waals surface area contributed by atoms with Gasteiger partial charge in [-0.05, 0) is 36.2 Å². The summed E-state index contributed by atoms with van der Waals surface area (Å²) in [5, 5.41) is 3.19. The topological polar surface area (TPSA) is 64.0 Å². The molecule has 2 heterocycles. The lowest BCUT2D eigenvalue weighted by atomic mass is 10.1. The number of carbonyl (C=O) groups excluding carboxylic acids is 1. The minimum Gasteiger partial charge on any atom is -0.325 e. The minimum atomic E-state index is -0.395. The van der Waals surface area contributed by atoms with Crippen molar-refractivity contribution in [2.24, 2.45) is 0 Å². The smallest absolute Gasteiger partial charge is 0.272 e. The molecule has 0 saturated carbocycles. The van der Waals surface area contributed by atoms with Crippen molar-refractivity contribution in [1.82, 2.24) is 9.55 Å². The molecule has 0 fully saturated rings. The lowest BCUT2D eigenvalue weighted by Gasteiger charge is -2.12. The Bertz CT molecular complexity index is 1280. The van der Waals surface area contributed by atoms with Crippen LogP contribution in [-0.2, 0) is 24.2 Å². The highest BCUT2D eigenvalue weighted by Crippen LogP contribution is 2.32. The molecule has 0 saturated heterocycles. The summed E-state index contributed by atoms with van der Waals surface area (Å²) in [6.07, 6.45) is 1.38. The maximum atomic E-state index is 14.3. The van der Waals surface area contributed by atoms with Crippen molar-refractivity contribution in [2.75, 3.05) is 5.32 Å². The van der Waals surface area contributed by atoms with Gasteiger partial charge in [-0.1, -0.05) is 32.0 Å². The number of halogens is 1. The monoisotopic (exact) mass is 409 g/mol. The summed E-state index contributed by atoms with van der Waals surface area (Å²) in [6.45, 7) is 3.78. The van der Waals surface area contributed by atoms with Crippen molar-refractivity contribution in [3.8, 4) is 0 Å². The molecule has 0 spiro atoms. The molecular formula is C22H20FN3O2S. The average molecular weight is 409 g/mol. The molecule has 0 unspecified atom stereocenters. The highest BCUT2D eigenvalue weighted by molar-refractivity contribution is 7.25. The number of carbonyl (C=O) groups is 1. The number of fused-ring (bicyclic) bond motifs is 3. The van der Waals surface area contributed by atoms with E-state index in [1.165, 1.54) is 27.5 Å². The number of nitrogens with one attached hydrogen (secondary N) is 1. The van der Waals surface area contributed by atoms with E-state index in [0.29, 0.717) is 38.2 Å². The molecule has 0 bridgehead atoms. The van der Waals surface area contributed by atoms with Gasteiger partial charge in [-0.25, -0.2) is 9.37 Å². The molecule has 2 aromatic heterocycles. The molecule has 7 heteroatoms. The third-order valence-electron chi connectivity index (χ3n) is 4.89. The van der Waals surface area contributed by atoms with E-state index >= 15 is 0 Å². The highest BCUT2D eigenvalue weighted by atomic mass is 32.1. The van der Waals surface area contributed by atoms with Crippen molar-refractivity contribution in [3.63, 3.8) is 0 Å². The predicted molar refractivity (Wildman–Crippen MR) is 115 cm³/mol. The molecule has 0 aliphatic rings. The van der Waals surface area contributed by atoms with E-state index in [1.54, 1.807) is 12.1 Å². The molecule has 0 atom stereocenters. The predicted octanol–water partition coefficient (Wildman–Crippen LogP) is 4.51. The van der Waals surface area contributed by atoms with Crippen LogP contribution < -0.4 is 10.9 Å². The number of amides is 1. The van der Waals surface area contributed by atoms with Crippen LogP contribution in [0.1, 0.15) is 25.2 Å². The van der Waals surface area contributed by atoms with Crippen LogP contribution in [0.25, 0.3) is 20.3 Å². The summed E-state index contributed by atoms with van der Waals surface area (Å²) in [5.74, 6) is -0.241. The SMILES string of the molecule is CCc1ccc(NC(=O)Cn2c(CC)nc3c(sc4cccc(F)c43)c2=O)cc1. The molecular weight excluding hydrogens is 389 g/mol. The van der Waals surface area contributed by atoms with E-state index in [1.807, 2.05) is 31.2 Å². The van der Waals surface area contributed by atoms with Crippen LogP contribution in [0, 0.1) is 5.82 Å². The van der Waals surface area contributed by atoms with E-state index in [9.17, 15) is 14.0 Å². The van der Waals surface area contributed by atoms with Gasteiger partial charge in [0.2, 0.25) is 5.91 Å². The van der Waals surface area contributed by atoms with Gasteiger partial charge in [0.05, 0.1) is 10.9 Å². The second-order valence-corrected chi connectivity index (χ2v) is 7.82. The summed E-state index contributed by atoms with van der Waals surface area (Å²) >= 11 is 1.20. The van der Waals surface area contributed by atoms with Crippen molar-refractivity contribution in [2.45, 2.75) is 33.2 Å². The van der Waals surface area contributed by atoms with Crippen molar-refractivity contribution in [3.05, 3.63) is 70.0 Å². The minimum absolute atomic E-state index is 0.142. The lowest BCUT2D eigenvalue weighted by Crippen LogP contribution is -2.30. The van der Waals surface area contributed by atoms with Crippen molar-refractivity contribution >= 4 is 43.2 Å². The van der Waals surface area contributed by atoms with Gasteiger partial charge in [-0.3, -0.25) is 14.2 Å². The number of aromatic nitrogens is 2. The van der Waals surface area contributed by atoms with Gasteiger partial charge in [0.15, 0.2) is 0 Å². The maximum absolute atomic E-state index is 14.3. The van der Waals surface area contributed by atoms with Crippen LogP contribution in [0.4, 0.5) is 10.1 Å². The zero-order valence-electron chi connectivity index (χ0n) is 16.2. The number of hydrogen-bond acceptors (Lipinski definition) is 4. The number of anilines is 1. The van der Waals surface area contributed by atoms with Crippen LogP contribution in [0.3, 0.4) is 0 Å². The third-order valence-corrected chi connectivity index (χ3v) is 6.03. The standard InChI is InChI=1S/C22H20FN3O2S/c1-3-13-8-10-14(11-9-13)24-18(27)12-26-17(4-2)25-20-19-15(23)6-5-7-16(19)29-21(20)22(26)28/h5-11H,3-4,12H2,1-2H3,(H,24,27). The first-order valence-electron chi connectivity index (χ1n) is 9.51. The number of aryl methyl sites for hydroxylation is 2. The Morgan fingerprint density at radius 2 is 1.90 bits per heavy atom. The first-order valence-corrected chi connectivity index (χ1v) is 10.3. The summed E-state index contributed by atoms with van der Waals surface area (Å²) in [7, 11) is 0. The van der Waals surface area contributed by atoms with E-state index in [2.05, 4.69) is 17.2 Å². The molecule has 1 amide bonds. The van der Waals surface area contributed by atoms with Gasteiger partial charge in [-0.15, -0.1) is 11.3 Å². The number of nitrogens with zero attached hydrogens (tertiary/aromatic N) is 2. The van der Waals surface area contributed by atoms with Gasteiger partial charge in [0, 0.05) is 16.8 Å². The summed E-state index contributed by atoms with van der Waals surface area (Å²) in [6, 6.07) is 12.4. The second-order valence-electron chi connectivity index (χ2n) is 6.76. The molecule has 4 rings (SSSR count). The normalized spacial score (nSPS) is 11.3. The molecule has 5 nitrogen and oxygen atoms in total. The molecule has 148 valence electrons. The second kappa shape index (κ2) is 7.75.